The Morgan fingerprint density at radius 3 is 2.62 bits per heavy atom. The maximum absolute atomic E-state index is 12.3. The first kappa shape index (κ1) is 19.3. The van der Waals surface area contributed by atoms with E-state index >= 15 is 0 Å². The Balaban J connectivity index is 1.41. The second-order valence-electron chi connectivity index (χ2n) is 7.77. The molecule has 0 aromatic carbocycles. The zero-order valence-corrected chi connectivity index (χ0v) is 16.8. The molecule has 154 valence electrons. The first-order chi connectivity index (χ1) is 14.0. The van der Waals surface area contributed by atoms with E-state index in [-0.39, 0.29) is 24.6 Å². The number of nitrogens with one attached hydrogen (secondary N) is 1. The van der Waals surface area contributed by atoms with Gasteiger partial charge in [-0.2, -0.15) is 15.0 Å². The molecule has 2 aromatic heterocycles. The highest BCUT2D eigenvalue weighted by Gasteiger charge is 2.25. The molecule has 1 saturated carbocycles. The molecule has 2 aliphatic rings. The molecule has 1 N–H and O–H groups in total. The van der Waals surface area contributed by atoms with Crippen molar-refractivity contribution < 1.29 is 4.79 Å². The van der Waals surface area contributed by atoms with E-state index in [1.807, 2.05) is 19.0 Å². The van der Waals surface area contributed by atoms with Gasteiger partial charge in [-0.1, -0.05) is 0 Å². The second-order valence-corrected chi connectivity index (χ2v) is 7.77. The topological polar surface area (TPSA) is 109 Å². The monoisotopic (exact) mass is 398 g/mol. The summed E-state index contributed by atoms with van der Waals surface area (Å²) in [6.07, 6.45) is 5.86. The minimum Gasteiger partial charge on any atom is -0.347 e. The van der Waals surface area contributed by atoms with Crippen molar-refractivity contribution in [3.63, 3.8) is 0 Å². The Kier molecular flexibility index (Phi) is 5.41. The highest BCUT2D eigenvalue weighted by Crippen LogP contribution is 2.38. The Hall–Kier alpha value is -3.04. The van der Waals surface area contributed by atoms with Crippen molar-refractivity contribution in [3.8, 4) is 0 Å². The van der Waals surface area contributed by atoms with E-state index in [4.69, 9.17) is 0 Å². The fraction of sp³-hybridized carbons (Fsp3) is 0.579. The lowest BCUT2D eigenvalue weighted by Gasteiger charge is -2.19. The normalized spacial score (nSPS) is 16.1. The Morgan fingerprint density at radius 1 is 1.21 bits per heavy atom. The van der Waals surface area contributed by atoms with Crippen LogP contribution >= 0.6 is 0 Å². The summed E-state index contributed by atoms with van der Waals surface area (Å²) in [5.41, 5.74) is 0.617. The summed E-state index contributed by atoms with van der Waals surface area (Å²) in [6, 6.07) is 1.53. The van der Waals surface area contributed by atoms with Crippen molar-refractivity contribution >= 4 is 17.8 Å². The molecule has 10 heteroatoms. The standard InChI is InChI=1S/C19H26N8O2/c1-25(2)18-22-15(23-19(24-18)26-7-3-4-8-26)10-20-16(28)11-27-12-21-14(9-17(27)29)13-5-6-13/h9,12-13H,3-8,10-11H2,1-2H3,(H,20,28). The highest BCUT2D eigenvalue weighted by atomic mass is 16.2. The molecule has 29 heavy (non-hydrogen) atoms. The predicted molar refractivity (Wildman–Crippen MR) is 108 cm³/mol. The fourth-order valence-electron chi connectivity index (χ4n) is 3.28. The first-order valence-corrected chi connectivity index (χ1v) is 10.00. The number of carbonyl (C=O) groups is 1. The zero-order valence-electron chi connectivity index (χ0n) is 16.8. The molecule has 10 nitrogen and oxygen atoms in total. The Bertz CT molecular complexity index is 947. The van der Waals surface area contributed by atoms with E-state index in [1.165, 1.54) is 17.0 Å². The zero-order chi connectivity index (χ0) is 20.4. The summed E-state index contributed by atoms with van der Waals surface area (Å²) >= 11 is 0. The molecule has 4 rings (SSSR count). The summed E-state index contributed by atoms with van der Waals surface area (Å²) in [5.74, 6) is 1.81. The molecule has 0 spiro atoms. The largest absolute Gasteiger partial charge is 0.347 e. The lowest BCUT2D eigenvalue weighted by Crippen LogP contribution is -2.33. The summed E-state index contributed by atoms with van der Waals surface area (Å²) in [6.45, 7) is 1.94. The van der Waals surface area contributed by atoms with Gasteiger partial charge in [0.15, 0.2) is 5.82 Å². The average molecular weight is 398 g/mol. The molecule has 0 atom stereocenters. The molecule has 0 bridgehead atoms. The molecule has 2 aromatic rings. The number of carbonyl (C=O) groups excluding carboxylic acids is 1. The molecule has 1 aliphatic carbocycles. The van der Waals surface area contributed by atoms with Crippen LogP contribution in [0.25, 0.3) is 0 Å². The van der Waals surface area contributed by atoms with Gasteiger partial charge in [0.2, 0.25) is 17.8 Å². The van der Waals surface area contributed by atoms with Crippen LogP contribution in [0.1, 0.15) is 43.1 Å². The van der Waals surface area contributed by atoms with E-state index in [0.717, 1.165) is 44.5 Å². The van der Waals surface area contributed by atoms with Crippen LogP contribution in [0.15, 0.2) is 17.2 Å². The van der Waals surface area contributed by atoms with Crippen molar-refractivity contribution in [2.24, 2.45) is 0 Å². The van der Waals surface area contributed by atoms with Gasteiger partial charge in [-0.15, -0.1) is 0 Å². The lowest BCUT2D eigenvalue weighted by atomic mass is 10.3. The number of nitrogens with zero attached hydrogens (tertiary/aromatic N) is 7. The maximum atomic E-state index is 12.3. The van der Waals surface area contributed by atoms with E-state index < -0.39 is 0 Å². The molecule has 0 unspecified atom stereocenters. The third-order valence-electron chi connectivity index (χ3n) is 5.10. The molecule has 3 heterocycles. The number of amides is 1. The van der Waals surface area contributed by atoms with Gasteiger partial charge >= 0.3 is 0 Å². The lowest BCUT2D eigenvalue weighted by molar-refractivity contribution is -0.121. The van der Waals surface area contributed by atoms with Crippen LogP contribution in [0.3, 0.4) is 0 Å². The molecule has 1 amide bonds. The Labute approximate surface area is 169 Å². The van der Waals surface area contributed by atoms with Crippen LogP contribution < -0.4 is 20.7 Å². The van der Waals surface area contributed by atoms with Crippen molar-refractivity contribution in [2.75, 3.05) is 37.0 Å². The molecule has 2 fully saturated rings. The third kappa shape index (κ3) is 4.69. The molecule has 1 aliphatic heterocycles. The van der Waals surface area contributed by atoms with E-state index in [2.05, 4.69) is 30.2 Å². The summed E-state index contributed by atoms with van der Waals surface area (Å²) in [7, 11) is 3.74. The Morgan fingerprint density at radius 2 is 1.97 bits per heavy atom. The van der Waals surface area contributed by atoms with Crippen LogP contribution in [0.4, 0.5) is 11.9 Å². The second kappa shape index (κ2) is 8.14. The van der Waals surface area contributed by atoms with Gasteiger partial charge in [-0.25, -0.2) is 4.98 Å². The summed E-state index contributed by atoms with van der Waals surface area (Å²) in [5, 5.41) is 2.79. The van der Waals surface area contributed by atoms with Crippen molar-refractivity contribution in [2.45, 2.75) is 44.7 Å². The van der Waals surface area contributed by atoms with Crippen molar-refractivity contribution in [1.82, 2.24) is 29.8 Å². The predicted octanol–water partition coefficient (Wildman–Crippen LogP) is 0.288. The van der Waals surface area contributed by atoms with Gasteiger partial charge in [0.25, 0.3) is 5.56 Å². The number of hydrogen-bond acceptors (Lipinski definition) is 8. The van der Waals surface area contributed by atoms with Gasteiger partial charge in [-0.3, -0.25) is 14.2 Å². The van der Waals surface area contributed by atoms with Crippen molar-refractivity contribution in [3.05, 3.63) is 34.3 Å². The fourth-order valence-corrected chi connectivity index (χ4v) is 3.28. The van der Waals surface area contributed by atoms with Gasteiger partial charge in [0.05, 0.1) is 18.6 Å². The quantitative estimate of drug-likeness (QED) is 0.709. The number of rotatable bonds is 7. The minimum atomic E-state index is -0.289. The number of aromatic nitrogens is 5. The van der Waals surface area contributed by atoms with Gasteiger partial charge in [0.1, 0.15) is 6.54 Å². The van der Waals surface area contributed by atoms with Crippen LogP contribution in [-0.2, 0) is 17.9 Å². The van der Waals surface area contributed by atoms with E-state index in [1.54, 1.807) is 0 Å². The van der Waals surface area contributed by atoms with Crippen molar-refractivity contribution in [1.29, 1.82) is 0 Å². The summed E-state index contributed by atoms with van der Waals surface area (Å²) in [4.78, 5) is 46.2. The maximum Gasteiger partial charge on any atom is 0.254 e. The van der Waals surface area contributed by atoms with E-state index in [0.29, 0.717) is 23.6 Å². The molecule has 0 radical (unpaired) electrons. The molecule has 1 saturated heterocycles. The average Bonchev–Trinajstić information content (AvgIpc) is 3.41. The van der Waals surface area contributed by atoms with Gasteiger partial charge in [0, 0.05) is 39.2 Å². The summed E-state index contributed by atoms with van der Waals surface area (Å²) < 4.78 is 1.32. The first-order valence-electron chi connectivity index (χ1n) is 10.00. The number of hydrogen-bond donors (Lipinski definition) is 1. The van der Waals surface area contributed by atoms with Crippen LogP contribution in [-0.4, -0.2) is 57.6 Å². The van der Waals surface area contributed by atoms with E-state index in [9.17, 15) is 9.59 Å². The molecular formula is C19H26N8O2. The SMILES string of the molecule is CN(C)c1nc(CNC(=O)Cn2cnc(C3CC3)cc2=O)nc(N2CCCC2)n1. The molecular weight excluding hydrogens is 372 g/mol. The van der Waals surface area contributed by atoms with Gasteiger partial charge in [-0.05, 0) is 25.7 Å². The van der Waals surface area contributed by atoms with Gasteiger partial charge < -0.3 is 15.1 Å². The minimum absolute atomic E-state index is 0.0820. The smallest absolute Gasteiger partial charge is 0.254 e. The number of anilines is 2. The van der Waals surface area contributed by atoms with Crippen LogP contribution in [0.5, 0.6) is 0 Å². The van der Waals surface area contributed by atoms with Crippen LogP contribution in [0.2, 0.25) is 0 Å². The highest BCUT2D eigenvalue weighted by molar-refractivity contribution is 5.75. The third-order valence-corrected chi connectivity index (χ3v) is 5.10. The van der Waals surface area contributed by atoms with Crippen LogP contribution in [0, 0.1) is 0 Å².